The predicted octanol–water partition coefficient (Wildman–Crippen LogP) is 5.43. The minimum absolute atomic E-state index is 0.236. The molecule has 0 aliphatic heterocycles. The Morgan fingerprint density at radius 3 is 2.18 bits per heavy atom. The molecule has 0 spiro atoms. The van der Waals surface area contributed by atoms with E-state index in [1.807, 2.05) is 32.9 Å². The maximum atomic E-state index is 6.33. The maximum absolute atomic E-state index is 6.33. The molecular formula is C20H31NO. The largest absolute Gasteiger partial charge is 0.495 e. The summed E-state index contributed by atoms with van der Waals surface area (Å²) in [5, 5.41) is 0. The molecule has 2 heteroatoms. The number of nitrogens with two attached hydrogens (primary N) is 1. The molecule has 1 atom stereocenters. The molecule has 2 N–H and O–H groups in total. The van der Waals surface area contributed by atoms with Gasteiger partial charge >= 0.3 is 0 Å². The van der Waals surface area contributed by atoms with Gasteiger partial charge in [-0.05, 0) is 50.7 Å². The van der Waals surface area contributed by atoms with Crippen LogP contribution in [-0.4, -0.2) is 7.11 Å². The Bertz CT molecular complexity index is 518. The summed E-state index contributed by atoms with van der Waals surface area (Å²) in [5.41, 5.74) is 11.4. The van der Waals surface area contributed by atoms with Crippen molar-refractivity contribution in [2.45, 2.75) is 40.5 Å². The van der Waals surface area contributed by atoms with Crippen molar-refractivity contribution in [3.05, 3.63) is 71.7 Å². The molecule has 0 aromatic carbocycles. The third kappa shape index (κ3) is 6.66. The Morgan fingerprint density at radius 1 is 1.18 bits per heavy atom. The first-order valence-electron chi connectivity index (χ1n) is 7.58. The van der Waals surface area contributed by atoms with Gasteiger partial charge in [0.05, 0.1) is 12.8 Å². The lowest BCUT2D eigenvalue weighted by atomic mass is 9.84. The predicted molar refractivity (Wildman–Crippen MR) is 98.3 cm³/mol. The number of ether oxygens (including phenoxy) is 1. The zero-order valence-corrected chi connectivity index (χ0v) is 14.8. The van der Waals surface area contributed by atoms with E-state index >= 15 is 0 Å². The van der Waals surface area contributed by atoms with Gasteiger partial charge in [0.15, 0.2) is 0 Å². The summed E-state index contributed by atoms with van der Waals surface area (Å²) in [5.74, 6) is 0.733. The van der Waals surface area contributed by atoms with E-state index in [2.05, 4.69) is 32.7 Å². The minimum atomic E-state index is 0.236. The molecule has 0 aromatic heterocycles. The lowest BCUT2D eigenvalue weighted by Crippen LogP contribution is -2.14. The van der Waals surface area contributed by atoms with E-state index in [0.29, 0.717) is 11.5 Å². The second-order valence-corrected chi connectivity index (χ2v) is 5.87. The molecule has 0 rings (SSSR count). The van der Waals surface area contributed by atoms with E-state index < -0.39 is 0 Å². The summed E-state index contributed by atoms with van der Waals surface area (Å²) in [6, 6.07) is 0. The molecule has 0 radical (unpaired) electrons. The van der Waals surface area contributed by atoms with Crippen LogP contribution in [0.5, 0.6) is 0 Å². The zero-order chi connectivity index (χ0) is 17.3. The standard InChI is InChI=1S/C20H31NO/c1-9-10-11-18(13-15(4)5)19(16(6)12-14(2)3)20(21)17(7)22-8/h9-11,16H,2,4,7,12-13,21H2,1,3,5-6,8H3/b10-9-,18-11-,20-19-. The van der Waals surface area contributed by atoms with Gasteiger partial charge in [0.25, 0.3) is 0 Å². The average molecular weight is 301 g/mol. The fourth-order valence-electron chi connectivity index (χ4n) is 2.42. The van der Waals surface area contributed by atoms with Gasteiger partial charge in [0, 0.05) is 0 Å². The lowest BCUT2D eigenvalue weighted by molar-refractivity contribution is 0.300. The second-order valence-electron chi connectivity index (χ2n) is 5.87. The van der Waals surface area contributed by atoms with Gasteiger partial charge in [-0.1, -0.05) is 49.5 Å². The van der Waals surface area contributed by atoms with Gasteiger partial charge in [-0.25, -0.2) is 0 Å². The molecule has 0 bridgehead atoms. The maximum Gasteiger partial charge on any atom is 0.134 e. The molecule has 1 unspecified atom stereocenters. The van der Waals surface area contributed by atoms with Crippen molar-refractivity contribution in [2.75, 3.05) is 7.11 Å². The summed E-state index contributed by atoms with van der Waals surface area (Å²) in [6.07, 6.45) is 7.76. The highest BCUT2D eigenvalue weighted by atomic mass is 16.5. The topological polar surface area (TPSA) is 35.2 Å². The highest BCUT2D eigenvalue weighted by Gasteiger charge is 2.19. The van der Waals surface area contributed by atoms with Gasteiger partial charge in [-0.15, -0.1) is 6.58 Å². The number of hydrogen-bond donors (Lipinski definition) is 1. The number of methoxy groups -OCH3 is 1. The lowest BCUT2D eigenvalue weighted by Gasteiger charge is -2.23. The molecule has 0 aliphatic carbocycles. The molecule has 0 aliphatic rings. The van der Waals surface area contributed by atoms with Gasteiger partial charge in [-0.2, -0.15) is 0 Å². The SMILES string of the molecule is C=C(C)CC(=C/C=C\C)/C(=C(\N)C(=C)OC)C(C)CC(=C)C. The van der Waals surface area contributed by atoms with Gasteiger partial charge in [0.1, 0.15) is 5.76 Å². The normalized spacial score (nSPS) is 14.5. The molecule has 0 saturated carbocycles. The van der Waals surface area contributed by atoms with E-state index in [1.54, 1.807) is 7.11 Å². The van der Waals surface area contributed by atoms with Crippen LogP contribution in [0.1, 0.15) is 40.5 Å². The third-order valence-electron chi connectivity index (χ3n) is 3.31. The van der Waals surface area contributed by atoms with Gasteiger partial charge in [-0.3, -0.25) is 0 Å². The Hall–Kier alpha value is -1.96. The molecule has 0 heterocycles. The fraction of sp³-hybridized carbons (Fsp3) is 0.400. The quantitative estimate of drug-likeness (QED) is 0.350. The monoisotopic (exact) mass is 301 g/mol. The van der Waals surface area contributed by atoms with Crippen LogP contribution >= 0.6 is 0 Å². The van der Waals surface area contributed by atoms with Crippen molar-refractivity contribution in [1.29, 1.82) is 0 Å². The summed E-state index contributed by atoms with van der Waals surface area (Å²) >= 11 is 0. The van der Waals surface area contributed by atoms with Crippen LogP contribution < -0.4 is 5.73 Å². The molecule has 0 amide bonds. The minimum Gasteiger partial charge on any atom is -0.495 e. The average Bonchev–Trinajstić information content (AvgIpc) is 2.42. The number of allylic oxidation sites excluding steroid dienone is 7. The first-order chi connectivity index (χ1) is 10.2. The van der Waals surface area contributed by atoms with E-state index in [4.69, 9.17) is 10.5 Å². The van der Waals surface area contributed by atoms with Gasteiger partial charge in [0.2, 0.25) is 0 Å². The van der Waals surface area contributed by atoms with E-state index in [0.717, 1.165) is 35.1 Å². The second kappa shape index (κ2) is 9.88. The molecular weight excluding hydrogens is 270 g/mol. The molecule has 0 aromatic rings. The number of rotatable bonds is 9. The highest BCUT2D eigenvalue weighted by molar-refractivity contribution is 5.45. The van der Waals surface area contributed by atoms with E-state index in [1.165, 1.54) is 0 Å². The Labute approximate surface area is 136 Å². The zero-order valence-electron chi connectivity index (χ0n) is 14.8. The summed E-state index contributed by atoms with van der Waals surface area (Å²) < 4.78 is 5.24. The van der Waals surface area contributed by atoms with Gasteiger partial charge < -0.3 is 10.5 Å². The van der Waals surface area contributed by atoms with E-state index in [9.17, 15) is 0 Å². The first kappa shape index (κ1) is 20.0. The van der Waals surface area contributed by atoms with Crippen molar-refractivity contribution in [2.24, 2.45) is 11.7 Å². The summed E-state index contributed by atoms with van der Waals surface area (Å²) in [6.45, 7) is 20.1. The van der Waals surface area contributed by atoms with Crippen LogP contribution in [-0.2, 0) is 4.74 Å². The van der Waals surface area contributed by atoms with Crippen LogP contribution in [0, 0.1) is 5.92 Å². The summed E-state index contributed by atoms with van der Waals surface area (Å²) in [7, 11) is 1.59. The van der Waals surface area contributed by atoms with Crippen LogP contribution in [0.3, 0.4) is 0 Å². The Kier molecular flexibility index (Phi) is 9.00. The summed E-state index contributed by atoms with van der Waals surface area (Å²) in [4.78, 5) is 0. The van der Waals surface area contributed by atoms with Crippen molar-refractivity contribution >= 4 is 0 Å². The Balaban J connectivity index is 6.04. The molecule has 0 fully saturated rings. The fourth-order valence-corrected chi connectivity index (χ4v) is 2.42. The third-order valence-corrected chi connectivity index (χ3v) is 3.31. The molecule has 122 valence electrons. The van der Waals surface area contributed by atoms with Crippen molar-refractivity contribution in [1.82, 2.24) is 0 Å². The van der Waals surface area contributed by atoms with Crippen molar-refractivity contribution < 1.29 is 4.74 Å². The van der Waals surface area contributed by atoms with Crippen LogP contribution in [0.25, 0.3) is 0 Å². The van der Waals surface area contributed by atoms with Crippen LogP contribution in [0.4, 0.5) is 0 Å². The van der Waals surface area contributed by atoms with Crippen molar-refractivity contribution in [3.8, 4) is 0 Å². The number of hydrogen-bond acceptors (Lipinski definition) is 2. The van der Waals surface area contributed by atoms with Crippen molar-refractivity contribution in [3.63, 3.8) is 0 Å². The van der Waals surface area contributed by atoms with Crippen LogP contribution in [0.2, 0.25) is 0 Å². The molecule has 0 saturated heterocycles. The highest BCUT2D eigenvalue weighted by Crippen LogP contribution is 2.32. The van der Waals surface area contributed by atoms with Crippen LogP contribution in [0.15, 0.2) is 71.7 Å². The van der Waals surface area contributed by atoms with E-state index in [-0.39, 0.29) is 5.92 Å². The molecule has 22 heavy (non-hydrogen) atoms. The Morgan fingerprint density at radius 2 is 1.77 bits per heavy atom. The smallest absolute Gasteiger partial charge is 0.134 e. The first-order valence-corrected chi connectivity index (χ1v) is 7.58. The molecule has 2 nitrogen and oxygen atoms in total.